The van der Waals surface area contributed by atoms with Crippen LogP contribution in [0.2, 0.25) is 0 Å². The van der Waals surface area contributed by atoms with Gasteiger partial charge in [-0.25, -0.2) is 4.79 Å². The molecule has 122 valence electrons. The number of carbonyl (C=O) groups excluding carboxylic acids is 1. The van der Waals surface area contributed by atoms with Gasteiger partial charge in [0.2, 0.25) is 0 Å². The molecule has 23 heavy (non-hydrogen) atoms. The average Bonchev–Trinajstić information content (AvgIpc) is 2.50. The topological polar surface area (TPSA) is 103 Å². The number of urea groups is 1. The van der Waals surface area contributed by atoms with Crippen LogP contribution < -0.4 is 20.1 Å². The van der Waals surface area contributed by atoms with E-state index in [0.29, 0.717) is 22.8 Å². The lowest BCUT2D eigenvalue weighted by atomic mass is 10.2. The molecule has 0 saturated heterocycles. The molecule has 0 aliphatic heterocycles. The summed E-state index contributed by atoms with van der Waals surface area (Å²) in [6, 6.07) is 11.2. The number of amides is 2. The minimum Gasteiger partial charge on any atom is -0.755 e. The van der Waals surface area contributed by atoms with E-state index >= 15 is 0 Å². The standard InChI is InChI=1S/C15H17N3O4S/c1-10-9-13(22-2)7-8-14(10)17-15(19)16-11-3-5-12(6-4-11)18-23(20)21/h3-9,18H,1-2H3,(H,20,21)(H2,16,17,19)/p-1. The van der Waals surface area contributed by atoms with Crippen LogP contribution in [-0.2, 0) is 11.3 Å². The molecule has 0 bridgehead atoms. The lowest BCUT2D eigenvalue weighted by Gasteiger charge is -2.12. The Hall–Kier alpha value is -2.58. The molecule has 0 aliphatic carbocycles. The van der Waals surface area contributed by atoms with Gasteiger partial charge in [-0.1, -0.05) is 0 Å². The molecule has 7 nitrogen and oxygen atoms in total. The van der Waals surface area contributed by atoms with Gasteiger partial charge < -0.3 is 24.6 Å². The summed E-state index contributed by atoms with van der Waals surface area (Å²) in [5.41, 5.74) is 2.49. The van der Waals surface area contributed by atoms with Crippen molar-refractivity contribution in [2.24, 2.45) is 0 Å². The fraction of sp³-hybridized carbons (Fsp3) is 0.133. The summed E-state index contributed by atoms with van der Waals surface area (Å²) in [5.74, 6) is 0.715. The third-order valence-electron chi connectivity index (χ3n) is 3.03. The summed E-state index contributed by atoms with van der Waals surface area (Å²) in [7, 11) is 1.58. The number of rotatable bonds is 5. The Morgan fingerprint density at radius 2 is 1.74 bits per heavy atom. The first-order chi connectivity index (χ1) is 11.0. The second kappa shape index (κ2) is 7.61. The van der Waals surface area contributed by atoms with Crippen LogP contribution in [0.5, 0.6) is 5.75 Å². The highest BCUT2D eigenvalue weighted by molar-refractivity contribution is 7.80. The Kier molecular flexibility index (Phi) is 5.56. The minimum atomic E-state index is -2.38. The Balaban J connectivity index is 1.98. The molecule has 0 radical (unpaired) electrons. The average molecular weight is 334 g/mol. The molecule has 0 fully saturated rings. The monoisotopic (exact) mass is 334 g/mol. The molecule has 2 amide bonds. The van der Waals surface area contributed by atoms with Crippen molar-refractivity contribution in [3.8, 4) is 5.75 Å². The smallest absolute Gasteiger partial charge is 0.323 e. The number of hydrogen-bond donors (Lipinski definition) is 3. The second-order valence-electron chi connectivity index (χ2n) is 4.67. The fourth-order valence-corrected chi connectivity index (χ4v) is 2.23. The zero-order valence-electron chi connectivity index (χ0n) is 12.6. The van der Waals surface area contributed by atoms with Crippen molar-refractivity contribution in [3.05, 3.63) is 48.0 Å². The molecule has 0 saturated carbocycles. The summed E-state index contributed by atoms with van der Waals surface area (Å²) in [6.07, 6.45) is 0. The van der Waals surface area contributed by atoms with Gasteiger partial charge in [-0.05, 0) is 55.0 Å². The number of hydrogen-bond acceptors (Lipinski definition) is 4. The largest absolute Gasteiger partial charge is 0.755 e. The predicted octanol–water partition coefficient (Wildman–Crippen LogP) is 2.85. The zero-order chi connectivity index (χ0) is 16.8. The van der Waals surface area contributed by atoms with E-state index in [4.69, 9.17) is 4.74 Å². The zero-order valence-corrected chi connectivity index (χ0v) is 13.4. The maximum atomic E-state index is 12.0. The van der Waals surface area contributed by atoms with Gasteiger partial charge in [0.25, 0.3) is 0 Å². The van der Waals surface area contributed by atoms with E-state index < -0.39 is 17.3 Å². The van der Waals surface area contributed by atoms with Crippen molar-refractivity contribution in [2.75, 3.05) is 22.5 Å². The van der Waals surface area contributed by atoms with E-state index in [-0.39, 0.29) is 0 Å². The number of ether oxygens (including phenoxy) is 1. The van der Waals surface area contributed by atoms with Gasteiger partial charge in [-0.15, -0.1) is 0 Å². The predicted molar refractivity (Wildman–Crippen MR) is 89.4 cm³/mol. The first-order valence-corrected chi connectivity index (χ1v) is 7.74. The Morgan fingerprint density at radius 1 is 1.09 bits per heavy atom. The van der Waals surface area contributed by atoms with Gasteiger partial charge in [0.15, 0.2) is 0 Å². The number of benzene rings is 2. The van der Waals surface area contributed by atoms with Gasteiger partial charge in [0.05, 0.1) is 7.11 Å². The van der Waals surface area contributed by atoms with Crippen molar-refractivity contribution >= 4 is 34.4 Å². The lowest BCUT2D eigenvalue weighted by Crippen LogP contribution is -2.19. The summed E-state index contributed by atoms with van der Waals surface area (Å²) in [6.45, 7) is 1.86. The van der Waals surface area contributed by atoms with Crippen molar-refractivity contribution in [2.45, 2.75) is 6.92 Å². The number of aryl methyl sites for hydroxylation is 1. The summed E-state index contributed by atoms with van der Waals surface area (Å²) < 4.78 is 28.4. The molecular weight excluding hydrogens is 318 g/mol. The minimum absolute atomic E-state index is 0.397. The van der Waals surface area contributed by atoms with Gasteiger partial charge in [-0.2, -0.15) is 0 Å². The summed E-state index contributed by atoms with van der Waals surface area (Å²) in [5, 5.41) is 5.40. The van der Waals surface area contributed by atoms with Crippen molar-refractivity contribution in [1.82, 2.24) is 0 Å². The normalized spacial score (nSPS) is 11.4. The van der Waals surface area contributed by atoms with Crippen LogP contribution in [0.4, 0.5) is 21.9 Å². The van der Waals surface area contributed by atoms with Gasteiger partial charge in [0.1, 0.15) is 5.75 Å². The highest BCUT2D eigenvalue weighted by Gasteiger charge is 2.06. The number of carbonyl (C=O) groups is 1. The first kappa shape index (κ1) is 16.8. The first-order valence-electron chi connectivity index (χ1n) is 6.66. The number of nitrogens with one attached hydrogen (secondary N) is 3. The Labute approximate surface area is 136 Å². The molecular formula is C15H16N3O4S-. The SMILES string of the molecule is COc1ccc(NC(=O)Nc2ccc(NS(=O)[O-])cc2)c(C)c1. The second-order valence-corrected chi connectivity index (χ2v) is 5.35. The van der Waals surface area contributed by atoms with Gasteiger partial charge in [0, 0.05) is 28.3 Å². The highest BCUT2D eigenvalue weighted by atomic mass is 32.2. The third-order valence-corrected chi connectivity index (χ3v) is 3.43. The van der Waals surface area contributed by atoms with Crippen LogP contribution in [-0.4, -0.2) is 21.9 Å². The van der Waals surface area contributed by atoms with Crippen molar-refractivity contribution in [1.29, 1.82) is 0 Å². The van der Waals surface area contributed by atoms with Gasteiger partial charge >= 0.3 is 6.03 Å². The van der Waals surface area contributed by atoms with Crippen LogP contribution in [0, 0.1) is 6.92 Å². The van der Waals surface area contributed by atoms with Crippen molar-refractivity contribution < 1.29 is 18.3 Å². The molecule has 0 aliphatic rings. The molecule has 0 aromatic heterocycles. The molecule has 2 aromatic carbocycles. The quantitative estimate of drug-likeness (QED) is 0.732. The van der Waals surface area contributed by atoms with E-state index in [2.05, 4.69) is 15.4 Å². The van der Waals surface area contributed by atoms with Crippen LogP contribution in [0.1, 0.15) is 5.56 Å². The van der Waals surface area contributed by atoms with E-state index in [9.17, 15) is 13.6 Å². The molecule has 1 atom stereocenters. The molecule has 3 N–H and O–H groups in total. The number of anilines is 3. The molecule has 8 heteroatoms. The van der Waals surface area contributed by atoms with Crippen LogP contribution in [0.15, 0.2) is 42.5 Å². The maximum Gasteiger partial charge on any atom is 0.323 e. The van der Waals surface area contributed by atoms with Gasteiger partial charge in [-0.3, -0.25) is 4.21 Å². The number of methoxy groups -OCH3 is 1. The molecule has 2 rings (SSSR count). The Bertz CT molecular complexity index is 719. The summed E-state index contributed by atoms with van der Waals surface area (Å²) in [4.78, 5) is 12.0. The van der Waals surface area contributed by atoms with Crippen molar-refractivity contribution in [3.63, 3.8) is 0 Å². The molecule has 1 unspecified atom stereocenters. The highest BCUT2D eigenvalue weighted by Crippen LogP contribution is 2.21. The summed E-state index contributed by atoms with van der Waals surface area (Å²) >= 11 is -2.38. The van der Waals surface area contributed by atoms with E-state index in [1.165, 1.54) is 0 Å². The molecule has 2 aromatic rings. The van der Waals surface area contributed by atoms with Crippen LogP contribution in [0.25, 0.3) is 0 Å². The molecule has 0 spiro atoms. The van der Waals surface area contributed by atoms with E-state index in [1.54, 1.807) is 43.5 Å². The fourth-order valence-electron chi connectivity index (χ4n) is 1.91. The molecule has 0 heterocycles. The van der Waals surface area contributed by atoms with E-state index in [0.717, 1.165) is 5.56 Å². The third kappa shape index (κ3) is 4.97. The maximum absolute atomic E-state index is 12.0. The Morgan fingerprint density at radius 3 is 2.30 bits per heavy atom. The van der Waals surface area contributed by atoms with Crippen LogP contribution in [0.3, 0.4) is 0 Å². The van der Waals surface area contributed by atoms with Crippen LogP contribution >= 0.6 is 0 Å². The lowest BCUT2D eigenvalue weighted by molar-refractivity contribution is 0.262. The van der Waals surface area contributed by atoms with E-state index in [1.807, 2.05) is 13.0 Å².